The topological polar surface area (TPSA) is 83.5 Å². The van der Waals surface area contributed by atoms with E-state index in [0.29, 0.717) is 12.1 Å². The van der Waals surface area contributed by atoms with Gasteiger partial charge in [0.2, 0.25) is 5.91 Å². The van der Waals surface area contributed by atoms with Crippen LogP contribution in [0.5, 0.6) is 0 Å². The molecule has 0 spiro atoms. The predicted molar refractivity (Wildman–Crippen MR) is 59.8 cm³/mol. The Balaban J connectivity index is 2.76. The van der Waals surface area contributed by atoms with Crippen LogP contribution in [-0.4, -0.2) is 18.9 Å². The molecule has 0 fully saturated rings. The maximum absolute atomic E-state index is 11.2. The Morgan fingerprint density at radius 1 is 1.31 bits per heavy atom. The number of carbonyl (C=O) groups is 1. The zero-order valence-electron chi connectivity index (χ0n) is 8.80. The highest BCUT2D eigenvalue weighted by Crippen LogP contribution is 2.13. The molecule has 0 aliphatic rings. The molecular formula is C10H13NO4S. The van der Waals surface area contributed by atoms with Crippen molar-refractivity contribution in [1.29, 1.82) is 0 Å². The molecule has 0 aliphatic carbocycles. The van der Waals surface area contributed by atoms with Crippen molar-refractivity contribution in [3.05, 3.63) is 24.3 Å². The summed E-state index contributed by atoms with van der Waals surface area (Å²) in [5, 5.41) is 2.61. The summed E-state index contributed by atoms with van der Waals surface area (Å²) in [6, 6.07) is 5.32. The molecule has 6 heteroatoms. The summed E-state index contributed by atoms with van der Waals surface area (Å²) in [6.07, 6.45) is 1.16. The number of anilines is 1. The fourth-order valence-electron chi connectivity index (χ4n) is 1.16. The van der Waals surface area contributed by atoms with Crippen LogP contribution in [-0.2, 0) is 14.9 Å². The van der Waals surface area contributed by atoms with Gasteiger partial charge in [0, 0.05) is 12.1 Å². The van der Waals surface area contributed by atoms with Gasteiger partial charge >= 0.3 is 0 Å². The summed E-state index contributed by atoms with van der Waals surface area (Å²) < 4.78 is 30.2. The average Bonchev–Trinajstić information content (AvgIpc) is 2.17. The van der Waals surface area contributed by atoms with Gasteiger partial charge in [-0.1, -0.05) is 6.92 Å². The van der Waals surface area contributed by atoms with Crippen molar-refractivity contribution in [2.24, 2.45) is 0 Å². The molecule has 16 heavy (non-hydrogen) atoms. The van der Waals surface area contributed by atoms with Gasteiger partial charge in [0.05, 0.1) is 4.90 Å². The Morgan fingerprint density at radius 2 is 1.88 bits per heavy atom. The zero-order valence-corrected chi connectivity index (χ0v) is 9.62. The SMILES string of the molecule is CCCC(=O)Nc1ccc(S(=O)(=O)O)cc1. The first-order chi connectivity index (χ1) is 7.43. The van der Waals surface area contributed by atoms with E-state index in [0.717, 1.165) is 6.42 Å². The highest BCUT2D eigenvalue weighted by Gasteiger charge is 2.08. The summed E-state index contributed by atoms with van der Waals surface area (Å²) in [5.41, 5.74) is 0.505. The van der Waals surface area contributed by atoms with Crippen LogP contribution in [0.4, 0.5) is 5.69 Å². The standard InChI is InChI=1S/C10H13NO4S/c1-2-3-10(12)11-8-4-6-9(7-5-8)16(13,14)15/h4-7H,2-3H2,1H3,(H,11,12)(H,13,14,15). The van der Waals surface area contributed by atoms with Crippen molar-refractivity contribution in [3.63, 3.8) is 0 Å². The molecule has 0 radical (unpaired) electrons. The third-order valence-electron chi connectivity index (χ3n) is 1.91. The van der Waals surface area contributed by atoms with Crippen LogP contribution in [0.3, 0.4) is 0 Å². The average molecular weight is 243 g/mol. The van der Waals surface area contributed by atoms with Crippen LogP contribution < -0.4 is 5.32 Å². The van der Waals surface area contributed by atoms with Crippen molar-refractivity contribution in [2.75, 3.05) is 5.32 Å². The first-order valence-corrected chi connectivity index (χ1v) is 6.25. The van der Waals surface area contributed by atoms with Crippen LogP contribution in [0.2, 0.25) is 0 Å². The molecule has 0 aliphatic heterocycles. The fourth-order valence-corrected chi connectivity index (χ4v) is 1.64. The lowest BCUT2D eigenvalue weighted by Gasteiger charge is -2.04. The second kappa shape index (κ2) is 5.09. The van der Waals surface area contributed by atoms with Crippen LogP contribution in [0, 0.1) is 0 Å². The van der Waals surface area contributed by atoms with E-state index in [1.807, 2.05) is 6.92 Å². The van der Waals surface area contributed by atoms with Crippen molar-refractivity contribution in [3.8, 4) is 0 Å². The van der Waals surface area contributed by atoms with E-state index < -0.39 is 10.1 Å². The number of hydrogen-bond acceptors (Lipinski definition) is 3. The highest BCUT2D eigenvalue weighted by molar-refractivity contribution is 7.85. The molecule has 0 bridgehead atoms. The third kappa shape index (κ3) is 3.63. The van der Waals surface area contributed by atoms with E-state index in [-0.39, 0.29) is 10.8 Å². The maximum atomic E-state index is 11.2. The largest absolute Gasteiger partial charge is 0.326 e. The van der Waals surface area contributed by atoms with Crippen LogP contribution >= 0.6 is 0 Å². The molecule has 0 heterocycles. The van der Waals surface area contributed by atoms with Gasteiger partial charge in [-0.05, 0) is 30.7 Å². The minimum absolute atomic E-state index is 0.123. The second-order valence-electron chi connectivity index (χ2n) is 3.30. The summed E-state index contributed by atoms with van der Waals surface area (Å²) in [4.78, 5) is 11.0. The van der Waals surface area contributed by atoms with Gasteiger partial charge in [0.25, 0.3) is 10.1 Å². The fraction of sp³-hybridized carbons (Fsp3) is 0.300. The molecule has 0 saturated carbocycles. The molecule has 88 valence electrons. The van der Waals surface area contributed by atoms with Crippen molar-refractivity contribution in [2.45, 2.75) is 24.7 Å². The summed E-state index contributed by atoms with van der Waals surface area (Å²) in [5.74, 6) is -0.123. The van der Waals surface area contributed by atoms with Gasteiger partial charge in [0.15, 0.2) is 0 Å². The van der Waals surface area contributed by atoms with Gasteiger partial charge in [-0.2, -0.15) is 8.42 Å². The van der Waals surface area contributed by atoms with Crippen LogP contribution in [0.15, 0.2) is 29.2 Å². The molecule has 0 atom stereocenters. The van der Waals surface area contributed by atoms with Crippen LogP contribution in [0.1, 0.15) is 19.8 Å². The van der Waals surface area contributed by atoms with E-state index in [4.69, 9.17) is 4.55 Å². The normalized spacial score (nSPS) is 11.1. The molecule has 1 rings (SSSR count). The minimum atomic E-state index is -4.17. The van der Waals surface area contributed by atoms with Crippen LogP contribution in [0.25, 0.3) is 0 Å². The second-order valence-corrected chi connectivity index (χ2v) is 4.72. The molecular weight excluding hydrogens is 230 g/mol. The van der Waals surface area contributed by atoms with Gasteiger partial charge in [-0.15, -0.1) is 0 Å². The van der Waals surface area contributed by atoms with Gasteiger partial charge in [-0.25, -0.2) is 0 Å². The molecule has 0 unspecified atom stereocenters. The molecule has 5 nitrogen and oxygen atoms in total. The minimum Gasteiger partial charge on any atom is -0.326 e. The lowest BCUT2D eigenvalue weighted by molar-refractivity contribution is -0.116. The molecule has 1 amide bonds. The van der Waals surface area contributed by atoms with Crippen molar-refractivity contribution in [1.82, 2.24) is 0 Å². The Hall–Kier alpha value is -1.40. The quantitative estimate of drug-likeness (QED) is 0.788. The van der Waals surface area contributed by atoms with E-state index in [1.165, 1.54) is 24.3 Å². The zero-order chi connectivity index (χ0) is 12.2. The predicted octanol–water partition coefficient (Wildman–Crippen LogP) is 1.67. The van der Waals surface area contributed by atoms with Crippen molar-refractivity contribution < 1.29 is 17.8 Å². The Kier molecular flexibility index (Phi) is 4.03. The Morgan fingerprint density at radius 3 is 2.31 bits per heavy atom. The molecule has 0 saturated heterocycles. The third-order valence-corrected chi connectivity index (χ3v) is 2.78. The number of nitrogens with one attached hydrogen (secondary N) is 1. The van der Waals surface area contributed by atoms with Gasteiger partial charge in [-0.3, -0.25) is 9.35 Å². The number of hydrogen-bond donors (Lipinski definition) is 2. The summed E-state index contributed by atoms with van der Waals surface area (Å²) >= 11 is 0. The number of benzene rings is 1. The van der Waals surface area contributed by atoms with E-state index in [1.54, 1.807) is 0 Å². The number of amides is 1. The molecule has 1 aromatic carbocycles. The lowest BCUT2D eigenvalue weighted by atomic mass is 10.3. The maximum Gasteiger partial charge on any atom is 0.294 e. The number of rotatable bonds is 4. The lowest BCUT2D eigenvalue weighted by Crippen LogP contribution is -2.10. The Bertz CT molecular complexity index is 464. The van der Waals surface area contributed by atoms with E-state index in [2.05, 4.69) is 5.32 Å². The first kappa shape index (κ1) is 12.7. The van der Waals surface area contributed by atoms with E-state index in [9.17, 15) is 13.2 Å². The Labute approximate surface area is 94.2 Å². The highest BCUT2D eigenvalue weighted by atomic mass is 32.2. The summed E-state index contributed by atoms with van der Waals surface area (Å²) in [7, 11) is -4.17. The molecule has 0 aromatic heterocycles. The number of carbonyl (C=O) groups excluding carboxylic acids is 1. The smallest absolute Gasteiger partial charge is 0.294 e. The summed E-state index contributed by atoms with van der Waals surface area (Å²) in [6.45, 7) is 1.89. The monoisotopic (exact) mass is 243 g/mol. The van der Waals surface area contributed by atoms with E-state index >= 15 is 0 Å². The first-order valence-electron chi connectivity index (χ1n) is 4.81. The molecule has 2 N–H and O–H groups in total. The van der Waals surface area contributed by atoms with Gasteiger partial charge < -0.3 is 5.32 Å². The molecule has 1 aromatic rings. The van der Waals surface area contributed by atoms with Gasteiger partial charge in [0.1, 0.15) is 0 Å². The van der Waals surface area contributed by atoms with Crippen molar-refractivity contribution >= 4 is 21.7 Å².